The quantitative estimate of drug-likeness (QED) is 0.429. The maximum atomic E-state index is 10.8. The summed E-state index contributed by atoms with van der Waals surface area (Å²) in [5.74, 6) is -1.17. The number of carbonyl (C=O) groups is 2. The van der Waals surface area contributed by atoms with E-state index >= 15 is 0 Å². The van der Waals surface area contributed by atoms with Crippen LogP contribution < -0.4 is 11.2 Å². The van der Waals surface area contributed by atoms with Gasteiger partial charge in [-0.1, -0.05) is 0 Å². The molecule has 2 atom stereocenters. The molecule has 1 fully saturated rings. The third-order valence-electron chi connectivity index (χ3n) is 1.35. The zero-order valence-electron chi connectivity index (χ0n) is 5.87. The standard InChI is InChI=1S/C5H8N2O4/c1-10-5(9)3-2(6)4(8)7-11-3/h2-3H,6H2,1H3,(H,7,8)/t2-,3+/m0/s1. The van der Waals surface area contributed by atoms with Gasteiger partial charge in [0, 0.05) is 0 Å². The molecule has 1 heterocycles. The zero-order valence-corrected chi connectivity index (χ0v) is 5.87. The first-order chi connectivity index (χ1) is 5.16. The van der Waals surface area contributed by atoms with E-state index in [9.17, 15) is 9.59 Å². The number of hydrogen-bond acceptors (Lipinski definition) is 5. The molecule has 1 saturated heterocycles. The van der Waals surface area contributed by atoms with Crippen molar-refractivity contribution in [2.75, 3.05) is 7.11 Å². The molecule has 6 heteroatoms. The highest BCUT2D eigenvalue weighted by Crippen LogP contribution is 2.04. The summed E-state index contributed by atoms with van der Waals surface area (Å²) < 4.78 is 4.32. The van der Waals surface area contributed by atoms with Crippen LogP contribution in [0, 0.1) is 0 Å². The predicted molar refractivity (Wildman–Crippen MR) is 33.0 cm³/mol. The summed E-state index contributed by atoms with van der Waals surface area (Å²) in [5, 5.41) is 0. The van der Waals surface area contributed by atoms with E-state index in [1.807, 2.05) is 5.48 Å². The number of methoxy groups -OCH3 is 1. The molecule has 0 unspecified atom stereocenters. The van der Waals surface area contributed by atoms with E-state index in [0.717, 1.165) is 0 Å². The fourth-order valence-electron chi connectivity index (χ4n) is 0.711. The Kier molecular flexibility index (Phi) is 2.06. The van der Waals surface area contributed by atoms with Crippen molar-refractivity contribution in [1.82, 2.24) is 5.48 Å². The van der Waals surface area contributed by atoms with E-state index in [-0.39, 0.29) is 0 Å². The van der Waals surface area contributed by atoms with Crippen LogP contribution in [0.2, 0.25) is 0 Å². The first-order valence-corrected chi connectivity index (χ1v) is 2.95. The molecule has 0 aromatic carbocycles. The summed E-state index contributed by atoms with van der Waals surface area (Å²) in [6.45, 7) is 0. The van der Waals surface area contributed by atoms with E-state index in [0.29, 0.717) is 0 Å². The van der Waals surface area contributed by atoms with Crippen molar-refractivity contribution in [2.24, 2.45) is 5.73 Å². The lowest BCUT2D eigenvalue weighted by Crippen LogP contribution is -2.41. The van der Waals surface area contributed by atoms with Gasteiger partial charge in [0.25, 0.3) is 5.91 Å². The highest BCUT2D eigenvalue weighted by Gasteiger charge is 2.39. The number of ether oxygens (including phenoxy) is 1. The van der Waals surface area contributed by atoms with Crippen molar-refractivity contribution >= 4 is 11.9 Å². The molecule has 0 saturated carbocycles. The molecule has 3 N–H and O–H groups in total. The van der Waals surface area contributed by atoms with Crippen LogP contribution >= 0.6 is 0 Å². The molecule has 0 bridgehead atoms. The van der Waals surface area contributed by atoms with Gasteiger partial charge in [0.15, 0.2) is 0 Å². The molecule has 11 heavy (non-hydrogen) atoms. The summed E-state index contributed by atoms with van der Waals surface area (Å²) >= 11 is 0. The van der Waals surface area contributed by atoms with Gasteiger partial charge >= 0.3 is 5.97 Å². The smallest absolute Gasteiger partial charge is 0.339 e. The Morgan fingerprint density at radius 3 is 2.82 bits per heavy atom. The Morgan fingerprint density at radius 2 is 2.45 bits per heavy atom. The van der Waals surface area contributed by atoms with Crippen LogP contribution in [0.4, 0.5) is 0 Å². The van der Waals surface area contributed by atoms with E-state index in [4.69, 9.17) is 5.73 Å². The minimum Gasteiger partial charge on any atom is -0.467 e. The van der Waals surface area contributed by atoms with E-state index in [2.05, 4.69) is 9.57 Å². The Hall–Kier alpha value is -1.14. The summed E-state index contributed by atoms with van der Waals surface area (Å²) in [6, 6.07) is -0.970. The zero-order chi connectivity index (χ0) is 8.43. The van der Waals surface area contributed by atoms with Gasteiger partial charge < -0.3 is 10.5 Å². The van der Waals surface area contributed by atoms with Crippen molar-refractivity contribution in [3.63, 3.8) is 0 Å². The number of nitrogens with two attached hydrogens (primary N) is 1. The van der Waals surface area contributed by atoms with Gasteiger partial charge in [-0.15, -0.1) is 0 Å². The van der Waals surface area contributed by atoms with E-state index in [1.165, 1.54) is 7.11 Å². The third-order valence-corrected chi connectivity index (χ3v) is 1.35. The Labute approximate surface area is 62.6 Å². The molecule has 1 rings (SSSR count). The van der Waals surface area contributed by atoms with Crippen LogP contribution in [0.1, 0.15) is 0 Å². The van der Waals surface area contributed by atoms with Gasteiger partial charge in [0.1, 0.15) is 6.04 Å². The third kappa shape index (κ3) is 1.31. The van der Waals surface area contributed by atoms with Crippen molar-refractivity contribution < 1.29 is 19.2 Å². The highest BCUT2D eigenvalue weighted by molar-refractivity contribution is 5.91. The van der Waals surface area contributed by atoms with Crippen LogP contribution in [-0.2, 0) is 19.2 Å². The minimum absolute atomic E-state index is 0.514. The average Bonchev–Trinajstić information content (AvgIpc) is 2.32. The highest BCUT2D eigenvalue weighted by atomic mass is 16.7. The SMILES string of the molecule is COC(=O)[C@@H]1ONC(=O)[C@H]1N. The molecule has 1 aliphatic heterocycles. The average molecular weight is 160 g/mol. The number of amides is 1. The fraction of sp³-hybridized carbons (Fsp3) is 0.600. The van der Waals surface area contributed by atoms with Crippen molar-refractivity contribution in [1.29, 1.82) is 0 Å². The topological polar surface area (TPSA) is 90.6 Å². The molecule has 62 valence electrons. The normalized spacial score (nSPS) is 29.8. The Balaban J connectivity index is 2.61. The Bertz CT molecular complexity index is 193. The molecule has 0 aliphatic carbocycles. The number of carbonyl (C=O) groups excluding carboxylic acids is 2. The second-order valence-electron chi connectivity index (χ2n) is 2.05. The van der Waals surface area contributed by atoms with Gasteiger partial charge in [0.2, 0.25) is 6.10 Å². The van der Waals surface area contributed by atoms with Crippen molar-refractivity contribution in [2.45, 2.75) is 12.1 Å². The van der Waals surface area contributed by atoms with Gasteiger partial charge in [0.05, 0.1) is 7.11 Å². The van der Waals surface area contributed by atoms with Crippen LogP contribution in [-0.4, -0.2) is 31.1 Å². The minimum atomic E-state index is -1.02. The number of rotatable bonds is 1. The lowest BCUT2D eigenvalue weighted by Gasteiger charge is -2.06. The molecule has 0 aromatic heterocycles. The maximum Gasteiger partial charge on any atom is 0.339 e. The van der Waals surface area contributed by atoms with Gasteiger partial charge in [-0.25, -0.2) is 10.3 Å². The first kappa shape index (κ1) is 7.96. The van der Waals surface area contributed by atoms with Crippen molar-refractivity contribution in [3.05, 3.63) is 0 Å². The number of hydrogen-bond donors (Lipinski definition) is 2. The maximum absolute atomic E-state index is 10.8. The van der Waals surface area contributed by atoms with Crippen LogP contribution in [0.3, 0.4) is 0 Å². The second kappa shape index (κ2) is 2.85. The van der Waals surface area contributed by atoms with E-state index < -0.39 is 24.0 Å². The van der Waals surface area contributed by atoms with Gasteiger partial charge in [-0.05, 0) is 0 Å². The monoisotopic (exact) mass is 160 g/mol. The van der Waals surface area contributed by atoms with Gasteiger partial charge in [-0.3, -0.25) is 9.63 Å². The van der Waals surface area contributed by atoms with Crippen LogP contribution in [0.15, 0.2) is 0 Å². The molecular weight excluding hydrogens is 152 g/mol. The lowest BCUT2D eigenvalue weighted by molar-refractivity contribution is -0.154. The van der Waals surface area contributed by atoms with Crippen LogP contribution in [0.5, 0.6) is 0 Å². The summed E-state index contributed by atoms with van der Waals surface area (Å²) in [6.07, 6.45) is -1.02. The number of nitrogens with one attached hydrogen (secondary N) is 1. The molecule has 0 aromatic rings. The fourth-order valence-corrected chi connectivity index (χ4v) is 0.711. The molecule has 6 nitrogen and oxygen atoms in total. The Morgan fingerprint density at radius 1 is 1.82 bits per heavy atom. The summed E-state index contributed by atoms with van der Waals surface area (Å²) in [5.41, 5.74) is 7.23. The largest absolute Gasteiger partial charge is 0.467 e. The predicted octanol–water partition coefficient (Wildman–Crippen LogP) is -2.08. The lowest BCUT2D eigenvalue weighted by atomic mass is 10.2. The summed E-state index contributed by atoms with van der Waals surface area (Å²) in [7, 11) is 1.20. The molecule has 1 amide bonds. The molecule has 0 spiro atoms. The second-order valence-corrected chi connectivity index (χ2v) is 2.05. The molecule has 0 radical (unpaired) electrons. The molecule has 1 aliphatic rings. The van der Waals surface area contributed by atoms with Crippen LogP contribution in [0.25, 0.3) is 0 Å². The number of esters is 1. The molecular formula is C5H8N2O4. The summed E-state index contributed by atoms with van der Waals surface area (Å²) in [4.78, 5) is 25.9. The van der Waals surface area contributed by atoms with E-state index in [1.54, 1.807) is 0 Å². The van der Waals surface area contributed by atoms with Crippen molar-refractivity contribution in [3.8, 4) is 0 Å². The first-order valence-electron chi connectivity index (χ1n) is 2.95. The number of hydroxylamine groups is 1. The van der Waals surface area contributed by atoms with Gasteiger partial charge in [-0.2, -0.15) is 0 Å².